The number of carbonyl (C=O) groups is 1. The third-order valence-corrected chi connectivity index (χ3v) is 5.15. The lowest BCUT2D eigenvalue weighted by molar-refractivity contribution is 0.0930. The number of aryl methyl sites for hydroxylation is 1. The van der Waals surface area contributed by atoms with Crippen molar-refractivity contribution < 1.29 is 17.7 Å². The lowest BCUT2D eigenvalue weighted by Gasteiger charge is -2.15. The molecule has 0 spiro atoms. The van der Waals surface area contributed by atoms with E-state index in [1.54, 1.807) is 12.1 Å². The number of nitrogens with zero attached hydrogens (tertiary/aromatic N) is 1. The number of aromatic nitrogens is 1. The van der Waals surface area contributed by atoms with Crippen LogP contribution in [0.25, 0.3) is 0 Å². The molecule has 0 saturated carbocycles. The van der Waals surface area contributed by atoms with E-state index in [0.717, 1.165) is 42.6 Å². The van der Waals surface area contributed by atoms with Crippen molar-refractivity contribution in [2.24, 2.45) is 5.14 Å². The molecule has 128 valence electrons. The highest BCUT2D eigenvalue weighted by Gasteiger charge is 2.25. The molecule has 1 atom stereocenters. The lowest BCUT2D eigenvalue weighted by Crippen LogP contribution is -2.28. The fraction of sp³-hybridized carbons (Fsp3) is 0.375. The molecule has 1 amide bonds. The Bertz CT molecular complexity index is 856. The summed E-state index contributed by atoms with van der Waals surface area (Å²) in [5.74, 6) is 0.515. The van der Waals surface area contributed by atoms with Crippen LogP contribution in [-0.4, -0.2) is 19.5 Å². The quantitative estimate of drug-likeness (QED) is 0.871. The molecule has 2 aromatic rings. The second kappa shape index (κ2) is 6.37. The summed E-state index contributed by atoms with van der Waals surface area (Å²) < 4.78 is 27.8. The summed E-state index contributed by atoms with van der Waals surface area (Å²) in [5.41, 5.74) is 2.02. The summed E-state index contributed by atoms with van der Waals surface area (Å²) in [7, 11) is -3.72. The molecule has 8 heteroatoms. The summed E-state index contributed by atoms with van der Waals surface area (Å²) in [6.07, 6.45) is 3.70. The normalized spacial score (nSPS) is 15.6. The maximum atomic E-state index is 12.4. The van der Waals surface area contributed by atoms with Gasteiger partial charge in [-0.1, -0.05) is 17.3 Å². The average molecular weight is 349 g/mol. The maximum absolute atomic E-state index is 12.4. The number of nitrogens with two attached hydrogens (primary N) is 1. The van der Waals surface area contributed by atoms with E-state index in [-0.39, 0.29) is 16.8 Å². The van der Waals surface area contributed by atoms with Crippen molar-refractivity contribution in [3.63, 3.8) is 0 Å². The van der Waals surface area contributed by atoms with Crippen LogP contribution < -0.4 is 10.5 Å². The number of primary sulfonamides is 1. The molecule has 1 aliphatic carbocycles. The van der Waals surface area contributed by atoms with Crippen LogP contribution in [0.15, 0.2) is 33.7 Å². The molecular weight excluding hydrogens is 330 g/mol. The van der Waals surface area contributed by atoms with Gasteiger partial charge < -0.3 is 9.84 Å². The Labute approximate surface area is 140 Å². The first-order chi connectivity index (χ1) is 11.4. The Morgan fingerprint density at radius 3 is 2.58 bits per heavy atom. The third-order valence-electron chi connectivity index (χ3n) is 4.22. The first kappa shape index (κ1) is 16.7. The zero-order chi connectivity index (χ0) is 17.3. The minimum absolute atomic E-state index is 0.0374. The number of sulfonamides is 1. The minimum Gasteiger partial charge on any atom is -0.360 e. The zero-order valence-electron chi connectivity index (χ0n) is 13.3. The van der Waals surface area contributed by atoms with Crippen LogP contribution in [0.3, 0.4) is 0 Å². The SMILES string of the molecule is CC(NC(=O)c1noc2c1CCCC2)c1ccc(S(N)(=O)=O)cc1. The van der Waals surface area contributed by atoms with Crippen molar-refractivity contribution in [1.82, 2.24) is 10.5 Å². The Balaban J connectivity index is 1.73. The number of hydrogen-bond acceptors (Lipinski definition) is 5. The predicted octanol–water partition coefficient (Wildman–Crippen LogP) is 1.69. The first-order valence-electron chi connectivity index (χ1n) is 7.77. The van der Waals surface area contributed by atoms with Crippen LogP contribution in [0.1, 0.15) is 53.2 Å². The molecule has 1 aromatic heterocycles. The van der Waals surface area contributed by atoms with E-state index in [1.165, 1.54) is 12.1 Å². The molecule has 0 radical (unpaired) electrons. The Hall–Kier alpha value is -2.19. The molecule has 0 bridgehead atoms. The summed E-state index contributed by atoms with van der Waals surface area (Å²) >= 11 is 0. The lowest BCUT2D eigenvalue weighted by atomic mass is 9.96. The van der Waals surface area contributed by atoms with Gasteiger partial charge in [0, 0.05) is 12.0 Å². The minimum atomic E-state index is -3.72. The zero-order valence-corrected chi connectivity index (χ0v) is 14.1. The highest BCUT2D eigenvalue weighted by Crippen LogP contribution is 2.25. The highest BCUT2D eigenvalue weighted by atomic mass is 32.2. The van der Waals surface area contributed by atoms with Crippen molar-refractivity contribution in [2.45, 2.75) is 43.5 Å². The third kappa shape index (κ3) is 3.34. The molecule has 1 heterocycles. The van der Waals surface area contributed by atoms with Crippen molar-refractivity contribution in [3.05, 3.63) is 46.8 Å². The predicted molar refractivity (Wildman–Crippen MR) is 86.8 cm³/mol. The van der Waals surface area contributed by atoms with Gasteiger partial charge in [-0.05, 0) is 43.9 Å². The second-order valence-electron chi connectivity index (χ2n) is 5.95. The number of amides is 1. The number of benzene rings is 1. The molecule has 0 saturated heterocycles. The van der Waals surface area contributed by atoms with Gasteiger partial charge in [0.2, 0.25) is 10.0 Å². The van der Waals surface area contributed by atoms with E-state index < -0.39 is 10.0 Å². The Kier molecular flexibility index (Phi) is 4.42. The first-order valence-corrected chi connectivity index (χ1v) is 9.32. The van der Waals surface area contributed by atoms with Crippen LogP contribution in [0.4, 0.5) is 0 Å². The fourth-order valence-corrected chi connectivity index (χ4v) is 3.37. The Morgan fingerprint density at radius 1 is 1.25 bits per heavy atom. The van der Waals surface area contributed by atoms with Gasteiger partial charge >= 0.3 is 0 Å². The molecule has 0 fully saturated rings. The molecule has 7 nitrogen and oxygen atoms in total. The summed E-state index contributed by atoms with van der Waals surface area (Å²) in [4.78, 5) is 12.5. The van der Waals surface area contributed by atoms with Gasteiger partial charge in [-0.3, -0.25) is 4.79 Å². The van der Waals surface area contributed by atoms with Gasteiger partial charge in [0.05, 0.1) is 10.9 Å². The van der Waals surface area contributed by atoms with Crippen LogP contribution >= 0.6 is 0 Å². The summed E-state index contributed by atoms with van der Waals surface area (Å²) in [6, 6.07) is 5.80. The standard InChI is InChI=1S/C16H19N3O4S/c1-10(11-6-8-12(9-7-11)24(17,21)22)18-16(20)15-13-4-2-3-5-14(13)23-19-15/h6-10H,2-5H2,1H3,(H,18,20)(H2,17,21,22). The van der Waals surface area contributed by atoms with E-state index >= 15 is 0 Å². The number of carbonyl (C=O) groups excluding carboxylic acids is 1. The van der Waals surface area contributed by atoms with Crippen LogP contribution in [0.5, 0.6) is 0 Å². The number of hydrogen-bond donors (Lipinski definition) is 2. The van der Waals surface area contributed by atoms with E-state index in [1.807, 2.05) is 6.92 Å². The monoisotopic (exact) mass is 349 g/mol. The van der Waals surface area contributed by atoms with Crippen molar-refractivity contribution in [1.29, 1.82) is 0 Å². The van der Waals surface area contributed by atoms with Crippen molar-refractivity contribution >= 4 is 15.9 Å². The van der Waals surface area contributed by atoms with Crippen molar-refractivity contribution in [2.75, 3.05) is 0 Å². The molecule has 3 N–H and O–H groups in total. The van der Waals surface area contributed by atoms with Crippen LogP contribution in [0.2, 0.25) is 0 Å². The van der Waals surface area contributed by atoms with Gasteiger partial charge in [0.1, 0.15) is 5.76 Å². The molecule has 3 rings (SSSR count). The molecule has 1 aromatic carbocycles. The average Bonchev–Trinajstić information content (AvgIpc) is 2.98. The molecule has 0 aliphatic heterocycles. The number of fused-ring (bicyclic) bond motifs is 1. The van der Waals surface area contributed by atoms with Crippen LogP contribution in [0, 0.1) is 0 Å². The summed E-state index contributed by atoms with van der Waals surface area (Å²) in [5, 5.41) is 11.8. The van der Waals surface area contributed by atoms with Gasteiger partial charge in [0.15, 0.2) is 5.69 Å². The maximum Gasteiger partial charge on any atom is 0.274 e. The molecule has 24 heavy (non-hydrogen) atoms. The van der Waals surface area contributed by atoms with E-state index in [0.29, 0.717) is 5.69 Å². The number of rotatable bonds is 4. The van der Waals surface area contributed by atoms with E-state index in [4.69, 9.17) is 9.66 Å². The van der Waals surface area contributed by atoms with E-state index in [9.17, 15) is 13.2 Å². The van der Waals surface area contributed by atoms with Crippen molar-refractivity contribution in [3.8, 4) is 0 Å². The van der Waals surface area contributed by atoms with Crippen LogP contribution in [-0.2, 0) is 22.9 Å². The van der Waals surface area contributed by atoms with Gasteiger partial charge in [0.25, 0.3) is 5.91 Å². The molecule has 1 aliphatic rings. The Morgan fingerprint density at radius 2 is 1.92 bits per heavy atom. The molecular formula is C16H19N3O4S. The fourth-order valence-electron chi connectivity index (χ4n) is 2.86. The van der Waals surface area contributed by atoms with Gasteiger partial charge in [-0.25, -0.2) is 13.6 Å². The largest absolute Gasteiger partial charge is 0.360 e. The number of nitrogens with one attached hydrogen (secondary N) is 1. The molecule has 1 unspecified atom stereocenters. The topological polar surface area (TPSA) is 115 Å². The van der Waals surface area contributed by atoms with Gasteiger partial charge in [-0.2, -0.15) is 0 Å². The smallest absolute Gasteiger partial charge is 0.274 e. The van der Waals surface area contributed by atoms with E-state index in [2.05, 4.69) is 10.5 Å². The second-order valence-corrected chi connectivity index (χ2v) is 7.51. The summed E-state index contributed by atoms with van der Waals surface area (Å²) in [6.45, 7) is 1.82. The highest BCUT2D eigenvalue weighted by molar-refractivity contribution is 7.89. The van der Waals surface area contributed by atoms with Gasteiger partial charge in [-0.15, -0.1) is 0 Å².